The van der Waals surface area contributed by atoms with Crippen LogP contribution in [0.15, 0.2) is 54.7 Å². The van der Waals surface area contributed by atoms with Gasteiger partial charge in [-0.05, 0) is 35.9 Å². The highest BCUT2D eigenvalue weighted by Crippen LogP contribution is 2.35. The first-order chi connectivity index (χ1) is 14.4. The molecule has 6 heteroatoms. The number of nitrogen functional groups attached to an aromatic ring is 1. The highest BCUT2D eigenvalue weighted by Gasteiger charge is 2.20. The van der Waals surface area contributed by atoms with Crippen molar-refractivity contribution in [2.24, 2.45) is 5.73 Å². The first-order valence-corrected chi connectivity index (χ1v) is 9.37. The first-order valence-electron chi connectivity index (χ1n) is 9.37. The summed E-state index contributed by atoms with van der Waals surface area (Å²) < 4.78 is 10.8. The number of fused-ring (bicyclic) bond motifs is 2. The van der Waals surface area contributed by atoms with Crippen molar-refractivity contribution < 1.29 is 14.3 Å². The zero-order valence-electron chi connectivity index (χ0n) is 16.9. The zero-order chi connectivity index (χ0) is 21.4. The minimum atomic E-state index is -0.217. The van der Waals surface area contributed by atoms with E-state index in [1.165, 1.54) is 20.4 Å². The molecule has 0 saturated carbocycles. The van der Waals surface area contributed by atoms with Gasteiger partial charge >= 0.3 is 0 Å². The van der Waals surface area contributed by atoms with Crippen molar-refractivity contribution in [1.82, 2.24) is 4.98 Å². The number of amidine groups is 1. The van der Waals surface area contributed by atoms with Crippen LogP contribution < -0.4 is 15.2 Å². The van der Waals surface area contributed by atoms with E-state index < -0.39 is 0 Å². The molecule has 3 aromatic carbocycles. The van der Waals surface area contributed by atoms with E-state index in [4.69, 9.17) is 20.6 Å². The molecule has 0 saturated heterocycles. The quantitative estimate of drug-likeness (QED) is 0.297. The summed E-state index contributed by atoms with van der Waals surface area (Å²) in [5.41, 5.74) is 8.09. The van der Waals surface area contributed by atoms with Gasteiger partial charge in [0.05, 0.1) is 14.2 Å². The lowest BCUT2D eigenvalue weighted by atomic mass is 9.97. The fourth-order valence-electron chi connectivity index (χ4n) is 3.61. The van der Waals surface area contributed by atoms with E-state index in [0.717, 1.165) is 16.3 Å². The fourth-order valence-corrected chi connectivity index (χ4v) is 3.61. The Kier molecular flexibility index (Phi) is 4.83. The molecule has 4 aromatic rings. The van der Waals surface area contributed by atoms with Gasteiger partial charge < -0.3 is 15.2 Å². The van der Waals surface area contributed by atoms with Crippen LogP contribution >= 0.6 is 0 Å². The largest absolute Gasteiger partial charge is 0.493 e. The Morgan fingerprint density at radius 2 is 1.60 bits per heavy atom. The predicted molar refractivity (Wildman–Crippen MR) is 118 cm³/mol. The molecular weight excluding hydrogens is 378 g/mol. The van der Waals surface area contributed by atoms with E-state index in [-0.39, 0.29) is 17.3 Å². The lowest BCUT2D eigenvalue weighted by molar-refractivity contribution is 0.103. The second-order valence-corrected chi connectivity index (χ2v) is 7.08. The molecule has 0 fully saturated rings. The van der Waals surface area contributed by atoms with Crippen molar-refractivity contribution in [2.45, 2.75) is 6.92 Å². The number of rotatable bonds is 5. The van der Waals surface area contributed by atoms with Crippen molar-refractivity contribution in [3.63, 3.8) is 0 Å². The minimum absolute atomic E-state index is 0.139. The molecule has 0 unspecified atom stereocenters. The van der Waals surface area contributed by atoms with Gasteiger partial charge in [-0.2, -0.15) is 0 Å². The Hall–Kier alpha value is -3.93. The number of methoxy groups -OCH3 is 2. The number of carbonyl (C=O) groups excluding carboxylic acids is 1. The van der Waals surface area contributed by atoms with Crippen LogP contribution in [-0.4, -0.2) is 30.8 Å². The van der Waals surface area contributed by atoms with Crippen molar-refractivity contribution in [3.05, 3.63) is 77.1 Å². The number of hydrogen-bond acceptors (Lipinski definition) is 5. The number of ketones is 1. The third-order valence-corrected chi connectivity index (χ3v) is 5.15. The molecule has 0 aliphatic rings. The molecule has 3 N–H and O–H groups in total. The number of nitrogens with one attached hydrogen (secondary N) is 1. The fraction of sp³-hybridized carbons (Fsp3) is 0.125. The van der Waals surface area contributed by atoms with Gasteiger partial charge in [0, 0.05) is 28.1 Å². The summed E-state index contributed by atoms with van der Waals surface area (Å²) in [5.74, 6) is 0.597. The van der Waals surface area contributed by atoms with E-state index in [2.05, 4.69) is 4.98 Å². The molecule has 0 radical (unpaired) electrons. The monoisotopic (exact) mass is 399 g/mol. The molecule has 0 amide bonds. The molecule has 150 valence electrons. The SMILES string of the molecule is COc1cc2c(C(=N)N)cnc(C(=O)c3ccc4ccc(C)cc4c3)c2cc1OC. The van der Waals surface area contributed by atoms with Crippen molar-refractivity contribution >= 4 is 33.2 Å². The van der Waals surface area contributed by atoms with Crippen molar-refractivity contribution in [2.75, 3.05) is 14.2 Å². The summed E-state index contributed by atoms with van der Waals surface area (Å²) in [6.45, 7) is 2.02. The number of aryl methyl sites for hydroxylation is 1. The molecule has 0 bridgehead atoms. The van der Waals surface area contributed by atoms with Crippen LogP contribution in [-0.2, 0) is 0 Å². The molecule has 0 atom stereocenters. The second-order valence-electron chi connectivity index (χ2n) is 7.08. The number of ether oxygens (including phenoxy) is 2. The lowest BCUT2D eigenvalue weighted by Gasteiger charge is -2.14. The maximum absolute atomic E-state index is 13.4. The van der Waals surface area contributed by atoms with Crippen LogP contribution in [0.4, 0.5) is 0 Å². The first kappa shape index (κ1) is 19.4. The molecule has 0 aliphatic carbocycles. The summed E-state index contributed by atoms with van der Waals surface area (Å²) in [6.07, 6.45) is 1.45. The summed E-state index contributed by atoms with van der Waals surface area (Å²) >= 11 is 0. The van der Waals surface area contributed by atoms with Gasteiger partial charge in [0.15, 0.2) is 11.5 Å². The van der Waals surface area contributed by atoms with Crippen LogP contribution in [0.3, 0.4) is 0 Å². The van der Waals surface area contributed by atoms with Gasteiger partial charge in [-0.1, -0.05) is 35.9 Å². The summed E-state index contributed by atoms with van der Waals surface area (Å²) in [5, 5.41) is 11.1. The van der Waals surface area contributed by atoms with Gasteiger partial charge in [0.25, 0.3) is 0 Å². The molecule has 6 nitrogen and oxygen atoms in total. The number of aromatic nitrogens is 1. The maximum atomic E-state index is 13.4. The number of nitrogens with zero attached hydrogens (tertiary/aromatic N) is 1. The van der Waals surface area contributed by atoms with Crippen LogP contribution in [0, 0.1) is 12.3 Å². The smallest absolute Gasteiger partial charge is 0.211 e. The topological polar surface area (TPSA) is 98.3 Å². The van der Waals surface area contributed by atoms with Crippen LogP contribution in [0.25, 0.3) is 21.5 Å². The van der Waals surface area contributed by atoms with Crippen LogP contribution in [0.1, 0.15) is 27.2 Å². The number of benzene rings is 3. The Morgan fingerprint density at radius 3 is 2.27 bits per heavy atom. The van der Waals surface area contributed by atoms with E-state index >= 15 is 0 Å². The lowest BCUT2D eigenvalue weighted by Crippen LogP contribution is -2.14. The number of pyridine rings is 1. The van der Waals surface area contributed by atoms with Crippen LogP contribution in [0.2, 0.25) is 0 Å². The average molecular weight is 399 g/mol. The van der Waals surface area contributed by atoms with E-state index in [0.29, 0.717) is 33.4 Å². The van der Waals surface area contributed by atoms with E-state index in [9.17, 15) is 4.79 Å². The van der Waals surface area contributed by atoms with E-state index in [1.54, 1.807) is 18.2 Å². The summed E-state index contributed by atoms with van der Waals surface area (Å²) in [7, 11) is 3.06. The van der Waals surface area contributed by atoms with Gasteiger partial charge in [-0.25, -0.2) is 0 Å². The predicted octanol–water partition coefficient (Wildman–Crippen LogP) is 4.23. The number of carbonyl (C=O) groups is 1. The van der Waals surface area contributed by atoms with Gasteiger partial charge in [0.2, 0.25) is 5.78 Å². The Balaban J connectivity index is 1.94. The Labute approximate surface area is 173 Å². The molecular formula is C24H21N3O3. The van der Waals surface area contributed by atoms with E-state index in [1.807, 2.05) is 37.3 Å². The third kappa shape index (κ3) is 3.22. The molecule has 1 heterocycles. The number of nitrogens with two attached hydrogens (primary N) is 1. The highest BCUT2D eigenvalue weighted by molar-refractivity contribution is 6.19. The van der Waals surface area contributed by atoms with Crippen LogP contribution in [0.5, 0.6) is 11.5 Å². The zero-order valence-corrected chi connectivity index (χ0v) is 16.9. The third-order valence-electron chi connectivity index (χ3n) is 5.15. The average Bonchev–Trinajstić information content (AvgIpc) is 2.76. The number of hydrogen-bond donors (Lipinski definition) is 2. The maximum Gasteiger partial charge on any atom is 0.211 e. The molecule has 0 aliphatic heterocycles. The minimum Gasteiger partial charge on any atom is -0.493 e. The Morgan fingerprint density at radius 1 is 0.933 bits per heavy atom. The second kappa shape index (κ2) is 7.48. The highest BCUT2D eigenvalue weighted by atomic mass is 16.5. The van der Waals surface area contributed by atoms with Gasteiger partial charge in [0.1, 0.15) is 11.5 Å². The summed E-state index contributed by atoms with van der Waals surface area (Å²) in [4.78, 5) is 17.8. The molecule has 30 heavy (non-hydrogen) atoms. The normalized spacial score (nSPS) is 10.9. The Bertz CT molecular complexity index is 1330. The van der Waals surface area contributed by atoms with Gasteiger partial charge in [-0.15, -0.1) is 0 Å². The van der Waals surface area contributed by atoms with Crippen molar-refractivity contribution in [1.29, 1.82) is 5.41 Å². The standard InChI is InChI=1S/C24H21N3O3/c1-13-4-5-14-6-7-15(9-16(14)8-13)23(28)22-18-11-21(30-3)20(29-2)10-17(18)19(12-27-22)24(25)26/h4-12H,1-3H3,(H3,25,26). The molecule has 0 spiro atoms. The van der Waals surface area contributed by atoms with Gasteiger partial charge in [-0.3, -0.25) is 15.2 Å². The molecule has 4 rings (SSSR count). The molecule has 1 aromatic heterocycles. The van der Waals surface area contributed by atoms with Crippen molar-refractivity contribution in [3.8, 4) is 11.5 Å². The summed E-state index contributed by atoms with van der Waals surface area (Å²) in [6, 6.07) is 15.1.